The number of amides is 1. The summed E-state index contributed by atoms with van der Waals surface area (Å²) in [5, 5.41) is 7.11. The molecule has 4 nitrogen and oxygen atoms in total. The van der Waals surface area contributed by atoms with Crippen molar-refractivity contribution in [2.45, 2.75) is 31.9 Å². The summed E-state index contributed by atoms with van der Waals surface area (Å²) in [6.07, 6.45) is 2.62. The minimum absolute atomic E-state index is 0.195. The van der Waals surface area contributed by atoms with E-state index in [1.165, 1.54) is 11.1 Å². The van der Waals surface area contributed by atoms with E-state index >= 15 is 0 Å². The highest BCUT2D eigenvalue weighted by Gasteiger charge is 2.21. The molecule has 0 unspecified atom stereocenters. The van der Waals surface area contributed by atoms with Gasteiger partial charge in [0.15, 0.2) is 5.11 Å². The molecule has 0 radical (unpaired) electrons. The molecule has 1 aliphatic heterocycles. The Labute approximate surface area is 177 Å². The summed E-state index contributed by atoms with van der Waals surface area (Å²) in [7, 11) is 0. The van der Waals surface area contributed by atoms with Crippen molar-refractivity contribution in [1.29, 1.82) is 0 Å². The molecule has 6 heteroatoms. The monoisotopic (exact) mass is 413 g/mol. The average Bonchev–Trinajstić information content (AvgIpc) is 3.12. The van der Waals surface area contributed by atoms with Gasteiger partial charge in [0.1, 0.15) is 0 Å². The number of thiocarbonyl (C=S) groups is 1. The predicted octanol–water partition coefficient (Wildman–Crippen LogP) is 4.73. The second kappa shape index (κ2) is 10.5. The first-order valence-corrected chi connectivity index (χ1v) is 11.3. The molecule has 0 saturated carbocycles. The molecule has 3 rings (SSSR count). The van der Waals surface area contributed by atoms with Gasteiger partial charge < -0.3 is 15.5 Å². The number of anilines is 2. The lowest BCUT2D eigenvalue weighted by Crippen LogP contribution is -2.29. The smallest absolute Gasteiger partial charge is 0.227 e. The normalized spacial score (nSPS) is 13.6. The first kappa shape index (κ1) is 20.7. The Hall–Kier alpha value is -2.05. The maximum Gasteiger partial charge on any atom is 0.227 e. The number of nitrogens with zero attached hydrogens (tertiary/aromatic N) is 1. The number of thioether (sulfide) groups is 1. The van der Waals surface area contributed by atoms with Gasteiger partial charge in [0.2, 0.25) is 5.91 Å². The second-order valence-electron chi connectivity index (χ2n) is 6.91. The minimum atomic E-state index is 0.195. The van der Waals surface area contributed by atoms with Gasteiger partial charge in [0.05, 0.1) is 0 Å². The summed E-state index contributed by atoms with van der Waals surface area (Å²) in [4.78, 5) is 13.8. The van der Waals surface area contributed by atoms with E-state index < -0.39 is 0 Å². The third kappa shape index (κ3) is 5.97. The maximum absolute atomic E-state index is 11.9. The van der Waals surface area contributed by atoms with E-state index in [-0.39, 0.29) is 5.91 Å². The van der Waals surface area contributed by atoms with Gasteiger partial charge in [-0.25, -0.2) is 0 Å². The van der Waals surface area contributed by atoms with E-state index in [0.717, 1.165) is 48.8 Å². The number of carbonyl (C=O) groups is 1. The first-order chi connectivity index (χ1) is 13.6. The number of hydrogen-bond donors (Lipinski definition) is 2. The van der Waals surface area contributed by atoms with Crippen LogP contribution in [0.2, 0.25) is 0 Å². The Morgan fingerprint density at radius 3 is 2.86 bits per heavy atom. The summed E-state index contributed by atoms with van der Waals surface area (Å²) < 4.78 is 0. The number of carbonyl (C=O) groups excluding carboxylic acids is 1. The van der Waals surface area contributed by atoms with Crippen molar-refractivity contribution in [3.63, 3.8) is 0 Å². The van der Waals surface area contributed by atoms with Crippen LogP contribution >= 0.6 is 24.0 Å². The van der Waals surface area contributed by atoms with Crippen LogP contribution in [0.4, 0.5) is 11.4 Å². The van der Waals surface area contributed by atoms with E-state index in [1.54, 1.807) is 0 Å². The Morgan fingerprint density at radius 2 is 2.07 bits per heavy atom. The van der Waals surface area contributed by atoms with Crippen molar-refractivity contribution >= 4 is 46.4 Å². The van der Waals surface area contributed by atoms with Crippen LogP contribution in [0.5, 0.6) is 0 Å². The number of benzene rings is 2. The Bertz CT molecular complexity index is 825. The lowest BCUT2D eigenvalue weighted by atomic mass is 10.1. The van der Waals surface area contributed by atoms with Gasteiger partial charge in [-0.05, 0) is 67.1 Å². The van der Waals surface area contributed by atoms with Crippen molar-refractivity contribution in [3.05, 3.63) is 59.7 Å². The number of rotatable bonds is 8. The molecular formula is C22H27N3OS2. The van der Waals surface area contributed by atoms with Gasteiger partial charge in [0, 0.05) is 36.6 Å². The van der Waals surface area contributed by atoms with Crippen molar-refractivity contribution in [2.24, 2.45) is 0 Å². The predicted molar refractivity (Wildman–Crippen MR) is 124 cm³/mol. The van der Waals surface area contributed by atoms with Crippen LogP contribution in [-0.4, -0.2) is 29.9 Å². The summed E-state index contributed by atoms with van der Waals surface area (Å²) >= 11 is 7.35. The van der Waals surface area contributed by atoms with Crippen molar-refractivity contribution in [1.82, 2.24) is 5.32 Å². The van der Waals surface area contributed by atoms with Crippen LogP contribution in [-0.2, 0) is 10.5 Å². The third-order valence-electron chi connectivity index (χ3n) is 4.76. The Kier molecular flexibility index (Phi) is 7.74. The molecule has 2 N–H and O–H groups in total. The molecule has 148 valence electrons. The maximum atomic E-state index is 11.9. The summed E-state index contributed by atoms with van der Waals surface area (Å²) in [6.45, 7) is 3.80. The quantitative estimate of drug-likeness (QED) is 0.484. The van der Waals surface area contributed by atoms with Crippen LogP contribution < -0.4 is 15.5 Å². The topological polar surface area (TPSA) is 44.4 Å². The molecule has 1 fully saturated rings. The van der Waals surface area contributed by atoms with Gasteiger partial charge in [0.25, 0.3) is 0 Å². The lowest BCUT2D eigenvalue weighted by Gasteiger charge is -2.17. The highest BCUT2D eigenvalue weighted by molar-refractivity contribution is 7.98. The Balaban J connectivity index is 1.35. The summed E-state index contributed by atoms with van der Waals surface area (Å²) in [5.74, 6) is 2.34. The molecule has 1 aliphatic rings. The molecule has 0 aromatic heterocycles. The van der Waals surface area contributed by atoms with Gasteiger partial charge in [-0.2, -0.15) is 11.8 Å². The third-order valence-corrected chi connectivity index (χ3v) is 6.10. The largest absolute Gasteiger partial charge is 0.362 e. The summed E-state index contributed by atoms with van der Waals surface area (Å²) in [5.41, 5.74) is 4.61. The van der Waals surface area contributed by atoms with Crippen LogP contribution in [0.15, 0.2) is 48.5 Å². The van der Waals surface area contributed by atoms with Crippen LogP contribution in [0.25, 0.3) is 0 Å². The molecule has 1 amide bonds. The van der Waals surface area contributed by atoms with Gasteiger partial charge >= 0.3 is 0 Å². The van der Waals surface area contributed by atoms with Crippen LogP contribution in [0.1, 0.15) is 30.4 Å². The van der Waals surface area contributed by atoms with Gasteiger partial charge in [-0.1, -0.05) is 30.3 Å². The standard InChI is InChI=1S/C22H27N3OS2/c1-17-7-2-3-8-18(17)16-28-14-6-12-23-22(27)24-19-9-4-10-20(15-19)25-13-5-11-21(25)26/h2-4,7-10,15H,5-6,11-14,16H2,1H3,(H2,23,24,27). The molecule has 2 aromatic rings. The number of nitrogens with one attached hydrogen (secondary N) is 2. The average molecular weight is 414 g/mol. The fraction of sp³-hybridized carbons (Fsp3) is 0.364. The highest BCUT2D eigenvalue weighted by Crippen LogP contribution is 2.24. The second-order valence-corrected chi connectivity index (χ2v) is 8.43. The van der Waals surface area contributed by atoms with Crippen LogP contribution in [0, 0.1) is 6.92 Å². The van der Waals surface area contributed by atoms with Crippen molar-refractivity contribution in [3.8, 4) is 0 Å². The number of aryl methyl sites for hydroxylation is 1. The zero-order valence-electron chi connectivity index (χ0n) is 16.2. The molecule has 0 aliphatic carbocycles. The molecule has 0 bridgehead atoms. The van der Waals surface area contributed by atoms with Crippen molar-refractivity contribution in [2.75, 3.05) is 29.1 Å². The molecule has 0 spiro atoms. The highest BCUT2D eigenvalue weighted by atomic mass is 32.2. The van der Waals surface area contributed by atoms with Gasteiger partial charge in [-0.15, -0.1) is 0 Å². The molecule has 2 aromatic carbocycles. The van der Waals surface area contributed by atoms with Crippen LogP contribution in [0.3, 0.4) is 0 Å². The van der Waals surface area contributed by atoms with E-state index in [0.29, 0.717) is 11.5 Å². The van der Waals surface area contributed by atoms with E-state index in [4.69, 9.17) is 12.2 Å². The Morgan fingerprint density at radius 1 is 1.21 bits per heavy atom. The fourth-order valence-corrected chi connectivity index (χ4v) is 4.43. The van der Waals surface area contributed by atoms with E-state index in [9.17, 15) is 4.79 Å². The summed E-state index contributed by atoms with van der Waals surface area (Å²) in [6, 6.07) is 16.4. The molecular weight excluding hydrogens is 386 g/mol. The molecule has 1 heterocycles. The molecule has 0 atom stereocenters. The zero-order valence-corrected chi connectivity index (χ0v) is 17.9. The van der Waals surface area contributed by atoms with Crippen molar-refractivity contribution < 1.29 is 4.79 Å². The zero-order chi connectivity index (χ0) is 19.8. The van der Waals surface area contributed by atoms with E-state index in [1.807, 2.05) is 40.9 Å². The minimum Gasteiger partial charge on any atom is -0.362 e. The van der Waals surface area contributed by atoms with Gasteiger partial charge in [-0.3, -0.25) is 4.79 Å². The molecule has 28 heavy (non-hydrogen) atoms. The molecule has 1 saturated heterocycles. The van der Waals surface area contributed by atoms with E-state index in [2.05, 4.69) is 41.8 Å². The number of hydrogen-bond acceptors (Lipinski definition) is 3. The fourth-order valence-electron chi connectivity index (χ4n) is 3.18. The lowest BCUT2D eigenvalue weighted by molar-refractivity contribution is -0.117. The SMILES string of the molecule is Cc1ccccc1CSCCCNC(=S)Nc1cccc(N2CCCC2=O)c1. The first-order valence-electron chi connectivity index (χ1n) is 9.71.